The zero-order valence-electron chi connectivity index (χ0n) is 14.2. The lowest BCUT2D eigenvalue weighted by molar-refractivity contribution is -0.137. The third kappa shape index (κ3) is 3.63. The number of carboxylic acid groups (broad SMARTS) is 1. The van der Waals surface area contributed by atoms with Gasteiger partial charge in [-0.25, -0.2) is 0 Å². The van der Waals surface area contributed by atoms with Gasteiger partial charge >= 0.3 is 5.97 Å². The Morgan fingerprint density at radius 3 is 2.79 bits per heavy atom. The highest BCUT2D eigenvalue weighted by atomic mass is 16.4. The molecule has 1 fully saturated rings. The Hall–Kier alpha value is -1.84. The van der Waals surface area contributed by atoms with Crippen LogP contribution in [0, 0.1) is 5.92 Å². The number of hydrogen-bond acceptors (Lipinski definition) is 2. The maximum Gasteiger partial charge on any atom is 0.303 e. The molecular formula is C20H27NO3. The monoisotopic (exact) mass is 329 g/mol. The molecule has 24 heavy (non-hydrogen) atoms. The fraction of sp³-hybridized carbons (Fsp3) is 0.600. The van der Waals surface area contributed by atoms with E-state index in [-0.39, 0.29) is 23.7 Å². The first-order valence-corrected chi connectivity index (χ1v) is 9.21. The van der Waals surface area contributed by atoms with Gasteiger partial charge in [-0.1, -0.05) is 37.1 Å². The van der Waals surface area contributed by atoms with Crippen LogP contribution >= 0.6 is 0 Å². The van der Waals surface area contributed by atoms with Crippen molar-refractivity contribution in [1.82, 2.24) is 5.32 Å². The van der Waals surface area contributed by atoms with Crippen molar-refractivity contribution in [3.05, 3.63) is 35.4 Å². The molecule has 1 spiro atoms. The Morgan fingerprint density at radius 1 is 1.17 bits per heavy atom. The molecule has 0 bridgehead atoms. The molecule has 2 atom stereocenters. The van der Waals surface area contributed by atoms with Gasteiger partial charge < -0.3 is 10.4 Å². The van der Waals surface area contributed by atoms with E-state index >= 15 is 0 Å². The lowest BCUT2D eigenvalue weighted by Gasteiger charge is -2.26. The molecule has 1 saturated carbocycles. The van der Waals surface area contributed by atoms with E-state index in [0.29, 0.717) is 6.54 Å². The number of carbonyl (C=O) groups is 2. The molecule has 4 heteroatoms. The third-order valence-corrected chi connectivity index (χ3v) is 5.63. The molecule has 3 rings (SSSR count). The number of benzene rings is 1. The summed E-state index contributed by atoms with van der Waals surface area (Å²) in [6.45, 7) is 0.708. The van der Waals surface area contributed by atoms with Gasteiger partial charge in [0.25, 0.3) is 0 Å². The van der Waals surface area contributed by atoms with Crippen molar-refractivity contribution in [2.75, 3.05) is 6.54 Å². The number of hydrogen-bond donors (Lipinski definition) is 2. The van der Waals surface area contributed by atoms with Crippen LogP contribution in [0.1, 0.15) is 62.5 Å². The molecule has 0 aliphatic heterocycles. The molecule has 0 aromatic heterocycles. The first kappa shape index (κ1) is 17.0. The highest BCUT2D eigenvalue weighted by molar-refractivity contribution is 5.84. The second kappa shape index (κ2) is 7.37. The molecule has 0 heterocycles. The number of carbonyl (C=O) groups excluding carboxylic acids is 1. The van der Waals surface area contributed by atoms with Crippen LogP contribution in [0.5, 0.6) is 0 Å². The van der Waals surface area contributed by atoms with Gasteiger partial charge in [-0.2, -0.15) is 0 Å². The van der Waals surface area contributed by atoms with Crippen LogP contribution in [0.4, 0.5) is 0 Å². The number of nitrogens with one attached hydrogen (secondary N) is 1. The van der Waals surface area contributed by atoms with Gasteiger partial charge in [-0.15, -0.1) is 0 Å². The molecule has 1 aromatic rings. The van der Waals surface area contributed by atoms with E-state index in [2.05, 4.69) is 29.6 Å². The minimum absolute atomic E-state index is 0.112. The molecule has 0 radical (unpaired) electrons. The summed E-state index contributed by atoms with van der Waals surface area (Å²) in [6, 6.07) is 8.61. The minimum atomic E-state index is -0.727. The number of aryl methyl sites for hydroxylation is 1. The fourth-order valence-corrected chi connectivity index (χ4v) is 4.27. The lowest BCUT2D eigenvalue weighted by Crippen LogP contribution is -2.30. The second-order valence-corrected chi connectivity index (χ2v) is 7.27. The third-order valence-electron chi connectivity index (χ3n) is 5.63. The Labute approximate surface area is 143 Å². The van der Waals surface area contributed by atoms with Crippen molar-refractivity contribution in [2.45, 2.75) is 63.2 Å². The number of aliphatic carboxylic acids is 1. The molecule has 2 N–H and O–H groups in total. The Kier molecular flexibility index (Phi) is 5.22. The Balaban J connectivity index is 1.41. The average Bonchev–Trinajstić information content (AvgIpc) is 3.29. The van der Waals surface area contributed by atoms with Crippen LogP contribution in [0.15, 0.2) is 24.3 Å². The van der Waals surface area contributed by atoms with Crippen LogP contribution < -0.4 is 5.32 Å². The SMILES string of the molecule is O=C(O)CCCCCCNC(=O)C1CC12CCCc1ccccc12. The summed E-state index contributed by atoms with van der Waals surface area (Å²) in [4.78, 5) is 22.9. The maximum atomic E-state index is 12.5. The molecule has 2 aliphatic carbocycles. The van der Waals surface area contributed by atoms with Crippen molar-refractivity contribution in [3.63, 3.8) is 0 Å². The van der Waals surface area contributed by atoms with Crippen LogP contribution in [-0.2, 0) is 21.4 Å². The summed E-state index contributed by atoms with van der Waals surface area (Å²) in [5, 5.41) is 11.7. The predicted molar refractivity (Wildman–Crippen MR) is 92.9 cm³/mol. The average molecular weight is 329 g/mol. The van der Waals surface area contributed by atoms with Gasteiger partial charge in [0.15, 0.2) is 0 Å². The van der Waals surface area contributed by atoms with E-state index in [1.54, 1.807) is 0 Å². The first-order chi connectivity index (χ1) is 11.6. The smallest absolute Gasteiger partial charge is 0.303 e. The van der Waals surface area contributed by atoms with Crippen LogP contribution in [0.3, 0.4) is 0 Å². The molecule has 1 amide bonds. The molecule has 2 aliphatic rings. The van der Waals surface area contributed by atoms with Gasteiger partial charge in [-0.3, -0.25) is 9.59 Å². The van der Waals surface area contributed by atoms with Gasteiger partial charge in [0, 0.05) is 24.3 Å². The molecule has 130 valence electrons. The number of amides is 1. The Morgan fingerprint density at radius 2 is 1.96 bits per heavy atom. The van der Waals surface area contributed by atoms with Crippen LogP contribution in [0.2, 0.25) is 0 Å². The van der Waals surface area contributed by atoms with Crippen LogP contribution in [0.25, 0.3) is 0 Å². The van der Waals surface area contributed by atoms with Gasteiger partial charge in [-0.05, 0) is 49.7 Å². The van der Waals surface area contributed by atoms with E-state index in [1.807, 2.05) is 0 Å². The topological polar surface area (TPSA) is 66.4 Å². The number of rotatable bonds is 8. The number of carboxylic acids is 1. The maximum absolute atomic E-state index is 12.5. The van der Waals surface area contributed by atoms with E-state index in [0.717, 1.165) is 44.9 Å². The second-order valence-electron chi connectivity index (χ2n) is 7.27. The van der Waals surface area contributed by atoms with E-state index in [1.165, 1.54) is 17.5 Å². The van der Waals surface area contributed by atoms with Crippen molar-refractivity contribution >= 4 is 11.9 Å². The van der Waals surface area contributed by atoms with Gasteiger partial charge in [0.05, 0.1) is 0 Å². The minimum Gasteiger partial charge on any atom is -0.481 e. The van der Waals surface area contributed by atoms with Gasteiger partial charge in [0.2, 0.25) is 5.91 Å². The molecule has 4 nitrogen and oxygen atoms in total. The summed E-state index contributed by atoms with van der Waals surface area (Å²) in [6.07, 6.45) is 8.26. The zero-order valence-corrected chi connectivity index (χ0v) is 14.2. The van der Waals surface area contributed by atoms with Crippen molar-refractivity contribution in [2.24, 2.45) is 5.92 Å². The molecule has 1 aromatic carbocycles. The van der Waals surface area contributed by atoms with E-state index < -0.39 is 5.97 Å². The summed E-state index contributed by atoms with van der Waals surface area (Å²) < 4.78 is 0. The largest absolute Gasteiger partial charge is 0.481 e. The first-order valence-electron chi connectivity index (χ1n) is 9.21. The number of unbranched alkanes of at least 4 members (excludes halogenated alkanes) is 3. The molecule has 2 unspecified atom stereocenters. The van der Waals surface area contributed by atoms with Crippen LogP contribution in [-0.4, -0.2) is 23.5 Å². The Bertz CT molecular complexity index is 613. The van der Waals surface area contributed by atoms with E-state index in [9.17, 15) is 9.59 Å². The van der Waals surface area contributed by atoms with Gasteiger partial charge in [0.1, 0.15) is 0 Å². The zero-order chi connectivity index (χ0) is 17.0. The highest BCUT2D eigenvalue weighted by Crippen LogP contribution is 2.60. The van der Waals surface area contributed by atoms with Crippen molar-refractivity contribution in [1.29, 1.82) is 0 Å². The number of fused-ring (bicyclic) bond motifs is 2. The standard InChI is InChI=1S/C20H27NO3/c22-18(23)11-3-1-2-6-13-21-19(24)17-14-20(17)12-7-9-15-8-4-5-10-16(15)20/h4-5,8,10,17H,1-3,6-7,9,11-14H2,(H,21,24)(H,22,23). The predicted octanol–water partition coefficient (Wildman–Crippen LogP) is 3.43. The quantitative estimate of drug-likeness (QED) is 0.718. The summed E-state index contributed by atoms with van der Waals surface area (Å²) in [5.41, 5.74) is 2.95. The fourth-order valence-electron chi connectivity index (χ4n) is 4.27. The van der Waals surface area contributed by atoms with E-state index in [4.69, 9.17) is 5.11 Å². The summed E-state index contributed by atoms with van der Waals surface area (Å²) in [7, 11) is 0. The lowest BCUT2D eigenvalue weighted by atomic mass is 9.78. The highest BCUT2D eigenvalue weighted by Gasteiger charge is 2.59. The summed E-state index contributed by atoms with van der Waals surface area (Å²) in [5.74, 6) is -0.377. The normalized spacial score (nSPS) is 24.4. The molecule has 0 saturated heterocycles. The molecular weight excluding hydrogens is 302 g/mol. The van der Waals surface area contributed by atoms with Crippen molar-refractivity contribution < 1.29 is 14.7 Å². The van der Waals surface area contributed by atoms with Crippen molar-refractivity contribution in [3.8, 4) is 0 Å². The summed E-state index contributed by atoms with van der Waals surface area (Å²) >= 11 is 0.